The van der Waals surface area contributed by atoms with Crippen LogP contribution < -0.4 is 0 Å². The molecule has 0 bridgehead atoms. The summed E-state index contributed by atoms with van der Waals surface area (Å²) < 4.78 is 0. The molecule has 10 heteroatoms. The Morgan fingerprint density at radius 1 is 0.523 bits per heavy atom. The minimum Gasteiger partial charge on any atom is -0.268 e. The Morgan fingerprint density at radius 2 is 0.841 bits per heavy atom. The highest BCUT2D eigenvalue weighted by Crippen LogP contribution is 2.49. The fourth-order valence-corrected chi connectivity index (χ4v) is 6.17. The topological polar surface area (TPSA) is 115 Å². The summed E-state index contributed by atoms with van der Waals surface area (Å²) in [6, 6.07) is 10.1. The van der Waals surface area contributed by atoms with E-state index in [1.54, 1.807) is 0 Å². The predicted molar refractivity (Wildman–Crippen MR) is 165 cm³/mol. The number of likely N-dealkylation sites (N-methyl/N-ethyl adjacent to an activating group) is 4. The number of urea groups is 2. The number of barbiturate groups is 2. The van der Waals surface area contributed by atoms with Gasteiger partial charge < -0.3 is 0 Å². The van der Waals surface area contributed by atoms with Gasteiger partial charge in [-0.3, -0.25) is 38.8 Å². The number of fused-ring (bicyclic) bond motifs is 3. The molecule has 0 spiro atoms. The van der Waals surface area contributed by atoms with E-state index in [1.165, 1.54) is 45.9 Å². The number of benzene rings is 2. The summed E-state index contributed by atoms with van der Waals surface area (Å²) in [5, 5.41) is 0. The first-order chi connectivity index (χ1) is 20.6. The highest BCUT2D eigenvalue weighted by molar-refractivity contribution is 6.31. The third-order valence-electron chi connectivity index (χ3n) is 8.36. The lowest BCUT2D eigenvalue weighted by molar-refractivity contribution is -0.135. The number of hydrogen-bond acceptors (Lipinski definition) is 6. The second kappa shape index (κ2) is 10.9. The van der Waals surface area contributed by atoms with Gasteiger partial charge in [0, 0.05) is 28.2 Å². The van der Waals surface area contributed by atoms with Gasteiger partial charge in [0.1, 0.15) is 11.1 Å². The van der Waals surface area contributed by atoms with Crippen molar-refractivity contribution in [2.24, 2.45) is 11.8 Å². The van der Waals surface area contributed by atoms with E-state index in [0.717, 1.165) is 47.4 Å². The van der Waals surface area contributed by atoms with Crippen LogP contribution in [0.2, 0.25) is 0 Å². The zero-order valence-electron chi connectivity index (χ0n) is 26.0. The zero-order chi connectivity index (χ0) is 32.4. The molecule has 10 nitrogen and oxygen atoms in total. The third-order valence-corrected chi connectivity index (χ3v) is 8.36. The van der Waals surface area contributed by atoms with Crippen molar-refractivity contribution in [2.45, 2.75) is 27.7 Å². The number of hydrogen-bond donors (Lipinski definition) is 0. The third kappa shape index (κ3) is 4.67. The molecule has 0 aromatic heterocycles. The number of allylic oxidation sites excluding steroid dienone is 1. The smallest absolute Gasteiger partial charge is 0.268 e. The fourth-order valence-electron chi connectivity index (χ4n) is 6.17. The van der Waals surface area contributed by atoms with Crippen LogP contribution in [-0.4, -0.2) is 83.5 Å². The monoisotopic (exact) mass is 594 g/mol. The molecule has 0 unspecified atom stereocenters. The van der Waals surface area contributed by atoms with Crippen LogP contribution in [0.5, 0.6) is 0 Å². The molecule has 5 rings (SSSR count). The predicted octanol–water partition coefficient (Wildman–Crippen LogP) is 4.65. The first kappa shape index (κ1) is 30.3. The lowest BCUT2D eigenvalue weighted by atomic mass is 9.83. The summed E-state index contributed by atoms with van der Waals surface area (Å²) in [5.41, 5.74) is 7.06. The molecule has 1 aliphatic carbocycles. The molecule has 2 aromatic carbocycles. The van der Waals surface area contributed by atoms with E-state index < -0.39 is 35.7 Å². The van der Waals surface area contributed by atoms with Crippen LogP contribution in [0.25, 0.3) is 28.9 Å². The molecule has 0 N–H and O–H groups in total. The molecule has 0 saturated carbocycles. The molecule has 2 aliphatic heterocycles. The van der Waals surface area contributed by atoms with Crippen LogP contribution in [0.3, 0.4) is 0 Å². The first-order valence-electron chi connectivity index (χ1n) is 14.3. The quantitative estimate of drug-likeness (QED) is 0.321. The van der Waals surface area contributed by atoms with Crippen molar-refractivity contribution < 1.29 is 28.8 Å². The Morgan fingerprint density at radius 3 is 1.14 bits per heavy atom. The number of imide groups is 4. The van der Waals surface area contributed by atoms with Crippen LogP contribution in [0, 0.1) is 11.8 Å². The summed E-state index contributed by atoms with van der Waals surface area (Å²) in [5.74, 6) is -2.29. The van der Waals surface area contributed by atoms with Crippen molar-refractivity contribution in [1.29, 1.82) is 0 Å². The standard InChI is InChI=1S/C34H34N4O6/c1-17(2)27(18(3)4)28-23-13-19(15-25-29(39)35(5)33(43)36(6)30(25)40)9-11-21(23)22-12-10-20(14-24(22)28)16-26-31(41)37(7)34(44)38(8)32(26)42/h9-18H,1-8H3. The number of rotatable bonds is 4. The summed E-state index contributed by atoms with van der Waals surface area (Å²) >= 11 is 0. The second-order valence-electron chi connectivity index (χ2n) is 11.9. The Kier molecular flexibility index (Phi) is 7.49. The van der Waals surface area contributed by atoms with Gasteiger partial charge in [-0.15, -0.1) is 0 Å². The lowest BCUT2D eigenvalue weighted by Crippen LogP contribution is -2.52. The van der Waals surface area contributed by atoms with Crippen LogP contribution in [0.1, 0.15) is 49.9 Å². The van der Waals surface area contributed by atoms with Gasteiger partial charge in [-0.05, 0) is 75.1 Å². The highest BCUT2D eigenvalue weighted by atomic mass is 16.2. The molecule has 226 valence electrons. The van der Waals surface area contributed by atoms with E-state index in [4.69, 9.17) is 0 Å². The van der Waals surface area contributed by atoms with Gasteiger partial charge in [0.15, 0.2) is 0 Å². The molecule has 2 heterocycles. The van der Waals surface area contributed by atoms with Gasteiger partial charge in [0.25, 0.3) is 23.6 Å². The molecule has 44 heavy (non-hydrogen) atoms. The van der Waals surface area contributed by atoms with E-state index in [-0.39, 0.29) is 23.0 Å². The molecule has 2 fully saturated rings. The molecule has 8 amide bonds. The van der Waals surface area contributed by atoms with E-state index in [2.05, 4.69) is 27.7 Å². The van der Waals surface area contributed by atoms with Gasteiger partial charge in [0.05, 0.1) is 0 Å². The normalized spacial score (nSPS) is 17.0. The number of amides is 8. The van der Waals surface area contributed by atoms with Crippen LogP contribution >= 0.6 is 0 Å². The van der Waals surface area contributed by atoms with Crippen LogP contribution in [0.15, 0.2) is 53.1 Å². The van der Waals surface area contributed by atoms with Crippen LogP contribution in [-0.2, 0) is 19.2 Å². The minimum atomic E-state index is -0.683. The summed E-state index contributed by atoms with van der Waals surface area (Å²) in [7, 11) is 5.37. The average Bonchev–Trinajstić information content (AvgIpc) is 3.29. The Bertz CT molecular complexity index is 1610. The van der Waals surface area contributed by atoms with Gasteiger partial charge in [-0.2, -0.15) is 0 Å². The van der Waals surface area contributed by atoms with Crippen molar-refractivity contribution in [2.75, 3.05) is 28.2 Å². The summed E-state index contributed by atoms with van der Waals surface area (Å²) in [6.07, 6.45) is 3.03. The first-order valence-corrected chi connectivity index (χ1v) is 14.3. The van der Waals surface area contributed by atoms with Crippen molar-refractivity contribution in [1.82, 2.24) is 19.6 Å². The second-order valence-corrected chi connectivity index (χ2v) is 11.9. The van der Waals surface area contributed by atoms with E-state index in [9.17, 15) is 28.8 Å². The van der Waals surface area contributed by atoms with Gasteiger partial charge in [-0.25, -0.2) is 9.59 Å². The lowest BCUT2D eigenvalue weighted by Gasteiger charge is -2.28. The molecular weight excluding hydrogens is 560 g/mol. The molecule has 2 saturated heterocycles. The van der Waals surface area contributed by atoms with Crippen molar-refractivity contribution in [3.8, 4) is 11.1 Å². The average molecular weight is 595 g/mol. The maximum Gasteiger partial charge on any atom is 0.333 e. The van der Waals surface area contributed by atoms with Gasteiger partial charge in [-0.1, -0.05) is 57.5 Å². The van der Waals surface area contributed by atoms with E-state index in [0.29, 0.717) is 11.1 Å². The number of nitrogens with zero attached hydrogens (tertiary/aromatic N) is 4. The largest absolute Gasteiger partial charge is 0.333 e. The maximum absolute atomic E-state index is 12.9. The highest BCUT2D eigenvalue weighted by Gasteiger charge is 2.39. The number of carbonyl (C=O) groups is 6. The SMILES string of the molecule is CC(C)C(=C1c2cc(C=C3C(=O)N(C)C(=O)N(C)C3=O)ccc2-c2ccc(C=C3C(=O)N(C)C(=O)N(C)C3=O)cc21)C(C)C. The Balaban J connectivity index is 1.67. The van der Waals surface area contributed by atoms with Crippen molar-refractivity contribution in [3.05, 3.63) is 75.4 Å². The minimum absolute atomic E-state index is 0.104. The molecule has 2 aromatic rings. The van der Waals surface area contributed by atoms with Crippen molar-refractivity contribution in [3.63, 3.8) is 0 Å². The maximum atomic E-state index is 12.9. The van der Waals surface area contributed by atoms with E-state index in [1.807, 2.05) is 36.4 Å². The van der Waals surface area contributed by atoms with Crippen LogP contribution in [0.4, 0.5) is 9.59 Å². The molecule has 3 aliphatic rings. The number of carbonyl (C=O) groups excluding carboxylic acids is 6. The Labute approximate surface area is 255 Å². The van der Waals surface area contributed by atoms with Crippen molar-refractivity contribution >= 4 is 53.4 Å². The fraction of sp³-hybridized carbons (Fsp3) is 0.294. The molecule has 0 radical (unpaired) electrons. The van der Waals surface area contributed by atoms with E-state index >= 15 is 0 Å². The van der Waals surface area contributed by atoms with Gasteiger partial charge >= 0.3 is 12.1 Å². The molecule has 0 atom stereocenters. The Hall–Kier alpha value is -5.12. The summed E-state index contributed by atoms with van der Waals surface area (Å²) in [4.78, 5) is 79.6. The molecular formula is C34H34N4O6. The summed E-state index contributed by atoms with van der Waals surface area (Å²) in [6.45, 7) is 8.51. The zero-order valence-corrected chi connectivity index (χ0v) is 26.0. The van der Waals surface area contributed by atoms with Gasteiger partial charge in [0.2, 0.25) is 0 Å².